The summed E-state index contributed by atoms with van der Waals surface area (Å²) in [6.07, 6.45) is 1.76. The summed E-state index contributed by atoms with van der Waals surface area (Å²) >= 11 is 5.90. The summed E-state index contributed by atoms with van der Waals surface area (Å²) in [7, 11) is 1.53. The molecule has 0 spiro atoms. The van der Waals surface area contributed by atoms with Crippen molar-refractivity contribution in [3.05, 3.63) is 94.3 Å². The summed E-state index contributed by atoms with van der Waals surface area (Å²) in [6, 6.07) is 21.0. The Hall–Kier alpha value is -3.29. The summed E-state index contributed by atoms with van der Waals surface area (Å²) in [5.74, 6) is 0.675. The second-order valence-corrected chi connectivity index (χ2v) is 6.40. The van der Waals surface area contributed by atoms with Crippen LogP contribution in [0.4, 0.5) is 4.39 Å². The molecule has 0 aliphatic rings. The van der Waals surface area contributed by atoms with Gasteiger partial charge in [0.1, 0.15) is 12.4 Å². The van der Waals surface area contributed by atoms with E-state index >= 15 is 0 Å². The van der Waals surface area contributed by atoms with E-state index < -0.39 is 0 Å². The van der Waals surface area contributed by atoms with E-state index in [9.17, 15) is 9.65 Å². The monoisotopic (exact) mass is 393 g/mol. The Kier molecular flexibility index (Phi) is 6.31. The van der Waals surface area contributed by atoms with Gasteiger partial charge in [-0.1, -0.05) is 48.0 Å². The Bertz CT molecular complexity index is 1040. The molecule has 140 valence electrons. The van der Waals surface area contributed by atoms with Crippen molar-refractivity contribution in [3.8, 4) is 17.6 Å². The Balaban J connectivity index is 1.83. The molecule has 0 N–H and O–H groups in total. The molecule has 0 fully saturated rings. The molecule has 0 bridgehead atoms. The van der Waals surface area contributed by atoms with Crippen LogP contribution in [0.2, 0.25) is 5.02 Å². The van der Waals surface area contributed by atoms with Crippen molar-refractivity contribution in [2.45, 2.75) is 6.61 Å². The van der Waals surface area contributed by atoms with E-state index in [1.165, 1.54) is 13.2 Å². The van der Waals surface area contributed by atoms with Gasteiger partial charge in [0.15, 0.2) is 11.5 Å². The number of rotatable bonds is 6. The number of methoxy groups -OCH3 is 1. The van der Waals surface area contributed by atoms with Crippen LogP contribution in [0.1, 0.15) is 16.7 Å². The molecule has 0 atom stereocenters. The van der Waals surface area contributed by atoms with Crippen LogP contribution in [0.25, 0.3) is 11.6 Å². The highest BCUT2D eigenvalue weighted by molar-refractivity contribution is 6.30. The average Bonchev–Trinajstić information content (AvgIpc) is 2.72. The van der Waals surface area contributed by atoms with E-state index in [0.29, 0.717) is 27.7 Å². The number of hydrogen-bond donors (Lipinski definition) is 0. The minimum Gasteiger partial charge on any atom is -0.493 e. The molecule has 0 aromatic heterocycles. The third-order valence-corrected chi connectivity index (χ3v) is 4.37. The second kappa shape index (κ2) is 9.07. The lowest BCUT2D eigenvalue weighted by Gasteiger charge is -2.12. The van der Waals surface area contributed by atoms with Crippen LogP contribution >= 0.6 is 11.6 Å². The van der Waals surface area contributed by atoms with Crippen LogP contribution in [-0.2, 0) is 6.61 Å². The first-order valence-corrected chi connectivity index (χ1v) is 8.90. The van der Waals surface area contributed by atoms with Crippen LogP contribution < -0.4 is 9.47 Å². The lowest BCUT2D eigenvalue weighted by molar-refractivity contribution is 0.279. The molecule has 5 heteroatoms. The molecule has 0 heterocycles. The van der Waals surface area contributed by atoms with Crippen molar-refractivity contribution in [1.82, 2.24) is 0 Å². The lowest BCUT2D eigenvalue weighted by Crippen LogP contribution is -2.00. The Labute approximate surface area is 168 Å². The minimum absolute atomic E-state index is 0.0897. The average molecular weight is 394 g/mol. The number of allylic oxidation sites excluding steroid dienone is 1. The van der Waals surface area contributed by atoms with Crippen LogP contribution in [0.5, 0.6) is 11.5 Å². The number of nitriles is 1. The minimum atomic E-state index is -0.317. The maximum absolute atomic E-state index is 13.7. The molecule has 3 rings (SSSR count). The Morgan fingerprint density at radius 2 is 1.82 bits per heavy atom. The van der Waals surface area contributed by atoms with Gasteiger partial charge in [-0.05, 0) is 47.5 Å². The Morgan fingerprint density at radius 1 is 1.07 bits per heavy atom. The first kappa shape index (κ1) is 19.5. The summed E-state index contributed by atoms with van der Waals surface area (Å²) in [6.45, 7) is 0.0897. The normalized spacial score (nSPS) is 11.0. The standard InChI is InChI=1S/C23H17ClFNO2/c1-27-23-13-16(12-19(14-26)17-7-9-20(24)10-8-17)6-11-22(23)28-15-18-4-2-3-5-21(18)25/h2-13H,15H2,1H3. The zero-order chi connectivity index (χ0) is 19.9. The van der Waals surface area contributed by atoms with Crippen molar-refractivity contribution in [2.24, 2.45) is 0 Å². The number of nitrogens with zero attached hydrogens (tertiary/aromatic N) is 1. The van der Waals surface area contributed by atoms with Crippen molar-refractivity contribution >= 4 is 23.3 Å². The number of halogens is 2. The molecule has 28 heavy (non-hydrogen) atoms. The molecule has 0 amide bonds. The SMILES string of the molecule is COc1cc(C=C(C#N)c2ccc(Cl)cc2)ccc1OCc1ccccc1F. The zero-order valence-electron chi connectivity index (χ0n) is 15.2. The van der Waals surface area contributed by atoms with Gasteiger partial charge in [-0.2, -0.15) is 5.26 Å². The molecule has 0 radical (unpaired) electrons. The number of ether oxygens (including phenoxy) is 2. The largest absolute Gasteiger partial charge is 0.493 e. The van der Waals surface area contributed by atoms with Gasteiger partial charge in [0.25, 0.3) is 0 Å². The van der Waals surface area contributed by atoms with Crippen LogP contribution in [-0.4, -0.2) is 7.11 Å². The van der Waals surface area contributed by atoms with Crippen molar-refractivity contribution in [3.63, 3.8) is 0 Å². The van der Waals surface area contributed by atoms with Crippen molar-refractivity contribution in [2.75, 3.05) is 7.11 Å². The predicted molar refractivity (Wildman–Crippen MR) is 109 cm³/mol. The number of benzene rings is 3. The molecule has 0 unspecified atom stereocenters. The molecular weight excluding hydrogens is 377 g/mol. The van der Waals surface area contributed by atoms with Gasteiger partial charge in [-0.3, -0.25) is 0 Å². The molecule has 3 nitrogen and oxygen atoms in total. The van der Waals surface area contributed by atoms with Gasteiger partial charge >= 0.3 is 0 Å². The quantitative estimate of drug-likeness (QED) is 0.373. The molecule has 3 aromatic carbocycles. The van der Waals surface area contributed by atoms with Gasteiger partial charge in [0, 0.05) is 10.6 Å². The highest BCUT2D eigenvalue weighted by Crippen LogP contribution is 2.31. The fourth-order valence-electron chi connectivity index (χ4n) is 2.64. The van der Waals surface area contributed by atoms with E-state index in [1.54, 1.807) is 60.7 Å². The van der Waals surface area contributed by atoms with Gasteiger partial charge in [0.05, 0.1) is 18.8 Å². The smallest absolute Gasteiger partial charge is 0.161 e. The van der Waals surface area contributed by atoms with E-state index in [-0.39, 0.29) is 12.4 Å². The maximum Gasteiger partial charge on any atom is 0.161 e. The van der Waals surface area contributed by atoms with Crippen molar-refractivity contribution < 1.29 is 13.9 Å². The first-order valence-electron chi connectivity index (χ1n) is 8.52. The highest BCUT2D eigenvalue weighted by Gasteiger charge is 2.09. The second-order valence-electron chi connectivity index (χ2n) is 5.97. The van der Waals surface area contributed by atoms with Crippen molar-refractivity contribution in [1.29, 1.82) is 5.26 Å². The molecule has 0 saturated carbocycles. The summed E-state index contributed by atoms with van der Waals surface area (Å²) < 4.78 is 24.9. The lowest BCUT2D eigenvalue weighted by atomic mass is 10.0. The van der Waals surface area contributed by atoms with E-state index in [1.807, 2.05) is 6.07 Å². The molecule has 0 saturated heterocycles. The van der Waals surface area contributed by atoms with E-state index in [0.717, 1.165) is 11.1 Å². The van der Waals surface area contributed by atoms with Crippen LogP contribution in [0.15, 0.2) is 66.7 Å². The summed E-state index contributed by atoms with van der Waals surface area (Å²) in [4.78, 5) is 0. The van der Waals surface area contributed by atoms with Gasteiger partial charge in [-0.15, -0.1) is 0 Å². The van der Waals surface area contributed by atoms with E-state index in [2.05, 4.69) is 6.07 Å². The highest BCUT2D eigenvalue weighted by atomic mass is 35.5. The predicted octanol–water partition coefficient (Wildman–Crippen LogP) is 6.13. The third-order valence-electron chi connectivity index (χ3n) is 4.12. The fraction of sp³-hybridized carbons (Fsp3) is 0.0870. The van der Waals surface area contributed by atoms with Crippen LogP contribution in [0, 0.1) is 17.1 Å². The Morgan fingerprint density at radius 3 is 2.50 bits per heavy atom. The maximum atomic E-state index is 13.7. The third kappa shape index (κ3) is 4.70. The van der Waals surface area contributed by atoms with Gasteiger partial charge < -0.3 is 9.47 Å². The van der Waals surface area contributed by atoms with E-state index in [4.69, 9.17) is 21.1 Å². The topological polar surface area (TPSA) is 42.2 Å². The van der Waals surface area contributed by atoms with Gasteiger partial charge in [-0.25, -0.2) is 4.39 Å². The first-order chi connectivity index (χ1) is 13.6. The summed E-state index contributed by atoms with van der Waals surface area (Å²) in [5, 5.41) is 10.1. The van der Waals surface area contributed by atoms with Crippen LogP contribution in [0.3, 0.4) is 0 Å². The fourth-order valence-corrected chi connectivity index (χ4v) is 2.77. The molecule has 0 aliphatic heterocycles. The zero-order valence-corrected chi connectivity index (χ0v) is 15.9. The summed E-state index contributed by atoms with van der Waals surface area (Å²) in [5.41, 5.74) is 2.51. The molecule has 3 aromatic rings. The number of hydrogen-bond acceptors (Lipinski definition) is 3. The molecular formula is C23H17ClFNO2. The molecule has 0 aliphatic carbocycles. The van der Waals surface area contributed by atoms with Gasteiger partial charge in [0.2, 0.25) is 0 Å².